The fraction of sp³-hybridized carbons (Fsp3) is 0.286. The predicted molar refractivity (Wildman–Crippen MR) is 70.3 cm³/mol. The fourth-order valence-corrected chi connectivity index (χ4v) is 1.71. The summed E-state index contributed by atoms with van der Waals surface area (Å²) in [6.07, 6.45) is 4.37. The summed E-state index contributed by atoms with van der Waals surface area (Å²) >= 11 is 0. The van der Waals surface area contributed by atoms with Gasteiger partial charge >= 0.3 is 0 Å². The molecule has 0 atom stereocenters. The Kier molecular flexibility index (Phi) is 4.28. The molecule has 1 N–H and O–H groups in total. The number of hydrogen-bond donors (Lipinski definition) is 1. The third kappa shape index (κ3) is 3.64. The van der Waals surface area contributed by atoms with Crippen molar-refractivity contribution in [1.29, 1.82) is 0 Å². The highest BCUT2D eigenvalue weighted by Gasteiger charge is 2.07. The van der Waals surface area contributed by atoms with Gasteiger partial charge in [0.25, 0.3) is 5.91 Å². The summed E-state index contributed by atoms with van der Waals surface area (Å²) in [5.74, 6) is -0.608. The van der Waals surface area contributed by atoms with E-state index in [0.717, 1.165) is 13.0 Å². The van der Waals surface area contributed by atoms with Crippen LogP contribution in [0.5, 0.6) is 0 Å². The van der Waals surface area contributed by atoms with Crippen LogP contribution in [0.25, 0.3) is 0 Å². The van der Waals surface area contributed by atoms with Gasteiger partial charge in [-0.15, -0.1) is 0 Å². The smallest absolute Gasteiger partial charge is 0.251 e. The van der Waals surface area contributed by atoms with E-state index in [2.05, 4.69) is 10.4 Å². The van der Waals surface area contributed by atoms with Crippen LogP contribution in [0.2, 0.25) is 0 Å². The number of carbonyl (C=O) groups is 1. The molecule has 2 aromatic rings. The van der Waals surface area contributed by atoms with Crippen LogP contribution in [0.15, 0.2) is 36.7 Å². The molecule has 1 heterocycles. The molecule has 2 rings (SSSR count). The lowest BCUT2D eigenvalue weighted by Crippen LogP contribution is -2.25. The van der Waals surface area contributed by atoms with Crippen LogP contribution >= 0.6 is 0 Å². The highest BCUT2D eigenvalue weighted by Crippen LogP contribution is 2.08. The van der Waals surface area contributed by atoms with Crippen molar-refractivity contribution in [3.8, 4) is 0 Å². The number of amides is 1. The van der Waals surface area contributed by atoms with E-state index in [0.29, 0.717) is 17.7 Å². The van der Waals surface area contributed by atoms with Gasteiger partial charge < -0.3 is 5.32 Å². The highest BCUT2D eigenvalue weighted by atomic mass is 19.1. The second-order valence-corrected chi connectivity index (χ2v) is 4.34. The van der Waals surface area contributed by atoms with Crippen molar-refractivity contribution in [2.75, 3.05) is 6.54 Å². The Balaban J connectivity index is 1.79. The van der Waals surface area contributed by atoms with Crippen LogP contribution < -0.4 is 5.32 Å². The number of benzene rings is 1. The standard InChI is InChI=1S/C14H16FN3O/c1-11-4-5-12(10-13(11)15)14(19)16-6-2-8-18-9-3-7-17-18/h3-5,7,9-10H,2,6,8H2,1H3,(H,16,19). The zero-order chi connectivity index (χ0) is 13.7. The zero-order valence-electron chi connectivity index (χ0n) is 10.8. The lowest BCUT2D eigenvalue weighted by atomic mass is 10.1. The van der Waals surface area contributed by atoms with Gasteiger partial charge in [0, 0.05) is 31.0 Å². The minimum atomic E-state index is -0.357. The first-order chi connectivity index (χ1) is 9.16. The number of halogens is 1. The van der Waals surface area contributed by atoms with Crippen molar-refractivity contribution >= 4 is 5.91 Å². The van der Waals surface area contributed by atoms with Crippen LogP contribution in [-0.4, -0.2) is 22.2 Å². The van der Waals surface area contributed by atoms with Crippen molar-refractivity contribution in [1.82, 2.24) is 15.1 Å². The van der Waals surface area contributed by atoms with Crippen LogP contribution in [0.1, 0.15) is 22.3 Å². The maximum Gasteiger partial charge on any atom is 0.251 e. The van der Waals surface area contributed by atoms with Crippen LogP contribution in [0.3, 0.4) is 0 Å². The topological polar surface area (TPSA) is 46.9 Å². The summed E-state index contributed by atoms with van der Waals surface area (Å²) in [4.78, 5) is 11.8. The van der Waals surface area contributed by atoms with Crippen LogP contribution in [-0.2, 0) is 6.54 Å². The molecule has 0 unspecified atom stereocenters. The summed E-state index contributed by atoms with van der Waals surface area (Å²) in [7, 11) is 0. The molecule has 0 spiro atoms. The van der Waals surface area contributed by atoms with Crippen molar-refractivity contribution in [3.63, 3.8) is 0 Å². The molecule has 0 aliphatic heterocycles. The monoisotopic (exact) mass is 261 g/mol. The summed E-state index contributed by atoms with van der Waals surface area (Å²) < 4.78 is 15.1. The Morgan fingerprint density at radius 1 is 1.47 bits per heavy atom. The van der Waals surface area contributed by atoms with Gasteiger partial charge in [-0.25, -0.2) is 4.39 Å². The number of nitrogens with zero attached hydrogens (tertiary/aromatic N) is 2. The van der Waals surface area contributed by atoms with E-state index in [1.54, 1.807) is 29.9 Å². The Bertz CT molecular complexity index is 552. The average Bonchev–Trinajstić information content (AvgIpc) is 2.91. The second-order valence-electron chi connectivity index (χ2n) is 4.34. The van der Waals surface area contributed by atoms with E-state index >= 15 is 0 Å². The van der Waals surface area contributed by atoms with E-state index in [-0.39, 0.29) is 11.7 Å². The lowest BCUT2D eigenvalue weighted by Gasteiger charge is -2.06. The zero-order valence-corrected chi connectivity index (χ0v) is 10.8. The lowest BCUT2D eigenvalue weighted by molar-refractivity contribution is 0.0952. The van der Waals surface area contributed by atoms with Gasteiger partial charge in [0.05, 0.1) is 0 Å². The first kappa shape index (κ1) is 13.3. The Labute approximate surface area is 111 Å². The van der Waals surface area contributed by atoms with Crippen molar-refractivity contribution in [3.05, 3.63) is 53.6 Å². The molecule has 100 valence electrons. The van der Waals surface area contributed by atoms with E-state index in [4.69, 9.17) is 0 Å². The van der Waals surface area contributed by atoms with E-state index in [1.807, 2.05) is 12.3 Å². The quantitative estimate of drug-likeness (QED) is 0.838. The summed E-state index contributed by atoms with van der Waals surface area (Å²) in [5.41, 5.74) is 0.887. The molecule has 19 heavy (non-hydrogen) atoms. The van der Waals surface area contributed by atoms with E-state index in [9.17, 15) is 9.18 Å². The van der Waals surface area contributed by atoms with Gasteiger partial charge in [0.1, 0.15) is 5.82 Å². The molecule has 0 aliphatic carbocycles. The number of rotatable bonds is 5. The molecule has 5 heteroatoms. The van der Waals surface area contributed by atoms with Crippen LogP contribution in [0, 0.1) is 12.7 Å². The molecule has 0 fully saturated rings. The number of aryl methyl sites for hydroxylation is 2. The molecular formula is C14H16FN3O. The third-order valence-corrected chi connectivity index (χ3v) is 2.84. The predicted octanol–water partition coefficient (Wildman–Crippen LogP) is 2.15. The molecule has 1 amide bonds. The number of hydrogen-bond acceptors (Lipinski definition) is 2. The molecule has 0 saturated carbocycles. The van der Waals surface area contributed by atoms with E-state index < -0.39 is 0 Å². The molecule has 0 aliphatic rings. The molecule has 0 saturated heterocycles. The minimum Gasteiger partial charge on any atom is -0.352 e. The van der Waals surface area contributed by atoms with Gasteiger partial charge in [0.2, 0.25) is 0 Å². The van der Waals surface area contributed by atoms with Gasteiger partial charge in [-0.3, -0.25) is 9.48 Å². The molecule has 1 aromatic carbocycles. The van der Waals surface area contributed by atoms with Crippen molar-refractivity contribution in [2.24, 2.45) is 0 Å². The normalized spacial score (nSPS) is 10.4. The number of nitrogens with one attached hydrogen (secondary N) is 1. The Morgan fingerprint density at radius 3 is 3.00 bits per heavy atom. The van der Waals surface area contributed by atoms with E-state index in [1.165, 1.54) is 6.07 Å². The molecule has 1 aromatic heterocycles. The average molecular weight is 261 g/mol. The largest absolute Gasteiger partial charge is 0.352 e. The van der Waals surface area contributed by atoms with Gasteiger partial charge in [-0.05, 0) is 37.1 Å². The second kappa shape index (κ2) is 6.13. The minimum absolute atomic E-state index is 0.251. The van der Waals surface area contributed by atoms with Gasteiger partial charge in [-0.1, -0.05) is 6.07 Å². The SMILES string of the molecule is Cc1ccc(C(=O)NCCCn2cccn2)cc1F. The number of aromatic nitrogens is 2. The first-order valence-electron chi connectivity index (χ1n) is 6.18. The highest BCUT2D eigenvalue weighted by molar-refractivity contribution is 5.94. The number of carbonyl (C=O) groups excluding carboxylic acids is 1. The van der Waals surface area contributed by atoms with Gasteiger partial charge in [-0.2, -0.15) is 5.10 Å². The summed E-state index contributed by atoms with van der Waals surface area (Å²) in [6, 6.07) is 6.35. The molecule has 0 radical (unpaired) electrons. The summed E-state index contributed by atoms with van der Waals surface area (Å²) in [5, 5.41) is 6.83. The molecular weight excluding hydrogens is 245 g/mol. The summed E-state index contributed by atoms with van der Waals surface area (Å²) in [6.45, 7) is 2.95. The fourth-order valence-electron chi connectivity index (χ4n) is 1.71. The van der Waals surface area contributed by atoms with Crippen LogP contribution in [0.4, 0.5) is 4.39 Å². The van der Waals surface area contributed by atoms with Gasteiger partial charge in [0.15, 0.2) is 0 Å². The first-order valence-corrected chi connectivity index (χ1v) is 6.18. The Hall–Kier alpha value is -2.17. The maximum absolute atomic E-state index is 13.3. The Morgan fingerprint density at radius 2 is 2.32 bits per heavy atom. The molecule has 4 nitrogen and oxygen atoms in total. The third-order valence-electron chi connectivity index (χ3n) is 2.84. The maximum atomic E-state index is 13.3. The van der Waals surface area contributed by atoms with Crippen molar-refractivity contribution < 1.29 is 9.18 Å². The van der Waals surface area contributed by atoms with Crippen molar-refractivity contribution in [2.45, 2.75) is 19.9 Å². The molecule has 0 bridgehead atoms.